The van der Waals surface area contributed by atoms with Gasteiger partial charge in [0.15, 0.2) is 0 Å². The zero-order valence-electron chi connectivity index (χ0n) is 9.41. The molecule has 1 atom stereocenters. The Morgan fingerprint density at radius 2 is 2.31 bits per heavy atom. The van der Waals surface area contributed by atoms with Gasteiger partial charge in [0.25, 0.3) is 0 Å². The van der Waals surface area contributed by atoms with Crippen molar-refractivity contribution in [1.29, 1.82) is 5.26 Å². The molecule has 1 aromatic carbocycles. The van der Waals surface area contributed by atoms with Gasteiger partial charge in [0.05, 0.1) is 12.0 Å². The number of benzene rings is 1. The first-order valence-corrected chi connectivity index (χ1v) is 6.00. The Balaban J connectivity index is 2.24. The second-order valence-electron chi connectivity index (χ2n) is 4.30. The first-order chi connectivity index (χ1) is 7.72. The molecule has 1 aromatic rings. The Kier molecular flexibility index (Phi) is 3.36. The molecule has 0 aromatic heterocycles. The third-order valence-electron chi connectivity index (χ3n) is 3.18. The molecule has 0 spiro atoms. The summed E-state index contributed by atoms with van der Waals surface area (Å²) in [5, 5.41) is 9.78. The first kappa shape index (κ1) is 11.3. The minimum absolute atomic E-state index is 0.159. The van der Waals surface area contributed by atoms with Crippen molar-refractivity contribution >= 4 is 17.3 Å². The fraction of sp³-hybridized carbons (Fsp3) is 0.462. The van der Waals surface area contributed by atoms with E-state index in [2.05, 4.69) is 17.0 Å². The summed E-state index contributed by atoms with van der Waals surface area (Å²) in [5.41, 5.74) is 2.29. The van der Waals surface area contributed by atoms with Crippen molar-refractivity contribution in [3.8, 4) is 6.07 Å². The van der Waals surface area contributed by atoms with Gasteiger partial charge in [-0.2, -0.15) is 5.26 Å². The van der Waals surface area contributed by atoms with Crippen LogP contribution in [0, 0.1) is 24.2 Å². The first-order valence-electron chi connectivity index (χ1n) is 5.62. The highest BCUT2D eigenvalue weighted by Crippen LogP contribution is 2.29. The van der Waals surface area contributed by atoms with Gasteiger partial charge in [-0.3, -0.25) is 0 Å². The maximum absolute atomic E-state index is 8.98. The zero-order valence-corrected chi connectivity index (χ0v) is 10.2. The molecule has 0 bridgehead atoms. The fourth-order valence-corrected chi connectivity index (χ4v) is 2.41. The van der Waals surface area contributed by atoms with E-state index in [0.717, 1.165) is 36.5 Å². The molecule has 2 nitrogen and oxygen atoms in total. The summed E-state index contributed by atoms with van der Waals surface area (Å²) in [5.74, 6) is 0.159. The van der Waals surface area contributed by atoms with Crippen molar-refractivity contribution in [2.75, 3.05) is 18.0 Å². The van der Waals surface area contributed by atoms with Gasteiger partial charge in [-0.15, -0.1) is 0 Å². The van der Waals surface area contributed by atoms with Crippen LogP contribution < -0.4 is 4.90 Å². The van der Waals surface area contributed by atoms with Gasteiger partial charge in [-0.05, 0) is 37.5 Å². The van der Waals surface area contributed by atoms with Crippen LogP contribution in [-0.2, 0) is 0 Å². The predicted molar refractivity (Wildman–Crippen MR) is 66.7 cm³/mol. The second kappa shape index (κ2) is 4.76. The van der Waals surface area contributed by atoms with Crippen LogP contribution in [0.2, 0.25) is 5.02 Å². The van der Waals surface area contributed by atoms with Crippen molar-refractivity contribution in [3.63, 3.8) is 0 Å². The van der Waals surface area contributed by atoms with Crippen LogP contribution in [0.3, 0.4) is 0 Å². The molecule has 1 saturated heterocycles. The second-order valence-corrected chi connectivity index (χ2v) is 4.71. The highest BCUT2D eigenvalue weighted by atomic mass is 35.5. The summed E-state index contributed by atoms with van der Waals surface area (Å²) in [6.45, 7) is 3.89. The van der Waals surface area contributed by atoms with Gasteiger partial charge in [0, 0.05) is 23.8 Å². The fourth-order valence-electron chi connectivity index (χ4n) is 2.24. The summed E-state index contributed by atoms with van der Waals surface area (Å²) in [7, 11) is 0. The molecule has 0 saturated carbocycles. The van der Waals surface area contributed by atoms with Crippen LogP contribution in [0.5, 0.6) is 0 Å². The zero-order chi connectivity index (χ0) is 11.5. The SMILES string of the molecule is Cc1c(Cl)cccc1N1CCCC(C#N)C1. The highest BCUT2D eigenvalue weighted by molar-refractivity contribution is 6.31. The molecule has 1 heterocycles. The molecule has 0 amide bonds. The molecule has 0 radical (unpaired) electrons. The maximum Gasteiger partial charge on any atom is 0.0674 e. The quantitative estimate of drug-likeness (QED) is 0.745. The Bertz CT molecular complexity index is 422. The molecular formula is C13H15ClN2. The lowest BCUT2D eigenvalue weighted by Gasteiger charge is -2.32. The topological polar surface area (TPSA) is 27.0 Å². The summed E-state index contributed by atoms with van der Waals surface area (Å²) in [6.07, 6.45) is 2.11. The lowest BCUT2D eigenvalue weighted by molar-refractivity contribution is 0.493. The molecular weight excluding hydrogens is 220 g/mol. The van der Waals surface area contributed by atoms with Crippen LogP contribution in [0.1, 0.15) is 18.4 Å². The van der Waals surface area contributed by atoms with E-state index in [1.54, 1.807) is 0 Å². The number of halogens is 1. The minimum Gasteiger partial charge on any atom is -0.370 e. The Hall–Kier alpha value is -1.20. The van der Waals surface area contributed by atoms with Crippen LogP contribution in [0.4, 0.5) is 5.69 Å². The molecule has 0 aliphatic carbocycles. The number of nitriles is 1. The molecule has 1 unspecified atom stereocenters. The van der Waals surface area contributed by atoms with Crippen LogP contribution in [0.15, 0.2) is 18.2 Å². The van der Waals surface area contributed by atoms with E-state index in [-0.39, 0.29) is 5.92 Å². The van der Waals surface area contributed by atoms with Crippen molar-refractivity contribution in [2.45, 2.75) is 19.8 Å². The van der Waals surface area contributed by atoms with E-state index in [0.29, 0.717) is 0 Å². The van der Waals surface area contributed by atoms with Crippen molar-refractivity contribution in [3.05, 3.63) is 28.8 Å². The number of hydrogen-bond acceptors (Lipinski definition) is 2. The molecule has 16 heavy (non-hydrogen) atoms. The molecule has 2 rings (SSSR count). The van der Waals surface area contributed by atoms with E-state index in [4.69, 9.17) is 16.9 Å². The van der Waals surface area contributed by atoms with Gasteiger partial charge in [0.2, 0.25) is 0 Å². The van der Waals surface area contributed by atoms with Crippen molar-refractivity contribution < 1.29 is 0 Å². The Labute approximate surface area is 101 Å². The Morgan fingerprint density at radius 3 is 3.06 bits per heavy atom. The molecule has 84 valence electrons. The lowest BCUT2D eigenvalue weighted by atomic mass is 9.98. The van der Waals surface area contributed by atoms with E-state index in [1.807, 2.05) is 19.1 Å². The van der Waals surface area contributed by atoms with Crippen LogP contribution in [0.25, 0.3) is 0 Å². The Morgan fingerprint density at radius 1 is 1.50 bits per heavy atom. The van der Waals surface area contributed by atoms with Gasteiger partial charge >= 0.3 is 0 Å². The van der Waals surface area contributed by atoms with Gasteiger partial charge in [-0.1, -0.05) is 17.7 Å². The smallest absolute Gasteiger partial charge is 0.0674 e. The molecule has 3 heteroatoms. The van der Waals surface area contributed by atoms with Crippen molar-refractivity contribution in [2.24, 2.45) is 5.92 Å². The molecule has 1 aliphatic heterocycles. The standard InChI is InChI=1S/C13H15ClN2/c1-10-12(14)5-2-6-13(10)16-7-3-4-11(8-15)9-16/h2,5-6,11H,3-4,7,9H2,1H3. The number of piperidine rings is 1. The summed E-state index contributed by atoms with van der Waals surface area (Å²) in [4.78, 5) is 2.28. The van der Waals surface area contributed by atoms with E-state index in [1.165, 1.54) is 5.69 Å². The molecule has 1 aliphatic rings. The number of rotatable bonds is 1. The van der Waals surface area contributed by atoms with Gasteiger partial charge in [-0.25, -0.2) is 0 Å². The summed E-state index contributed by atoms with van der Waals surface area (Å²) < 4.78 is 0. The van der Waals surface area contributed by atoms with E-state index < -0.39 is 0 Å². The monoisotopic (exact) mass is 234 g/mol. The predicted octanol–water partition coefficient (Wildman–Crippen LogP) is 3.39. The number of nitrogens with zero attached hydrogens (tertiary/aromatic N) is 2. The maximum atomic E-state index is 8.98. The minimum atomic E-state index is 0.159. The van der Waals surface area contributed by atoms with Crippen LogP contribution in [-0.4, -0.2) is 13.1 Å². The normalized spacial score (nSPS) is 20.6. The van der Waals surface area contributed by atoms with E-state index in [9.17, 15) is 0 Å². The highest BCUT2D eigenvalue weighted by Gasteiger charge is 2.21. The van der Waals surface area contributed by atoms with Crippen LogP contribution >= 0.6 is 11.6 Å². The summed E-state index contributed by atoms with van der Waals surface area (Å²) >= 11 is 6.11. The van der Waals surface area contributed by atoms with E-state index >= 15 is 0 Å². The lowest BCUT2D eigenvalue weighted by Crippen LogP contribution is -2.35. The third kappa shape index (κ3) is 2.15. The average Bonchev–Trinajstić information content (AvgIpc) is 2.33. The molecule has 0 N–H and O–H groups in total. The van der Waals surface area contributed by atoms with Crippen molar-refractivity contribution in [1.82, 2.24) is 0 Å². The number of anilines is 1. The van der Waals surface area contributed by atoms with Gasteiger partial charge in [0.1, 0.15) is 0 Å². The summed E-state index contributed by atoms with van der Waals surface area (Å²) in [6, 6.07) is 8.33. The van der Waals surface area contributed by atoms with Gasteiger partial charge < -0.3 is 4.90 Å². The largest absolute Gasteiger partial charge is 0.370 e. The molecule has 1 fully saturated rings. The average molecular weight is 235 g/mol. The number of hydrogen-bond donors (Lipinski definition) is 0. The third-order valence-corrected chi connectivity index (χ3v) is 3.59.